The number of nitrogens with zero attached hydrogens (tertiary/aromatic N) is 1. The third-order valence-corrected chi connectivity index (χ3v) is 7.36. The van der Waals surface area contributed by atoms with Crippen molar-refractivity contribution in [2.45, 2.75) is 44.3 Å². The quantitative estimate of drug-likeness (QED) is 0.540. The van der Waals surface area contributed by atoms with Gasteiger partial charge < -0.3 is 14.7 Å². The Balaban J connectivity index is 1.15. The highest BCUT2D eigenvalue weighted by molar-refractivity contribution is 6.00. The minimum atomic E-state index is -0.642. The van der Waals surface area contributed by atoms with Gasteiger partial charge in [0.1, 0.15) is 12.4 Å². The number of hydrogen-bond acceptors (Lipinski definition) is 4. The maximum absolute atomic E-state index is 13.2. The second-order valence-corrected chi connectivity index (χ2v) is 9.88. The van der Waals surface area contributed by atoms with Gasteiger partial charge in [-0.2, -0.15) is 0 Å². The van der Waals surface area contributed by atoms with Crippen molar-refractivity contribution in [3.05, 3.63) is 101 Å². The number of carbonyl (C=O) groups excluding carboxylic acids is 1. The number of piperidine rings is 1. The minimum Gasteiger partial charge on any atom is -0.489 e. The highest BCUT2D eigenvalue weighted by Crippen LogP contribution is 2.32. The van der Waals surface area contributed by atoms with Gasteiger partial charge in [0.15, 0.2) is 5.78 Å². The summed E-state index contributed by atoms with van der Waals surface area (Å²) < 4.78 is 5.96. The molecule has 0 amide bonds. The maximum Gasteiger partial charge on any atom is 0.167 e. The summed E-state index contributed by atoms with van der Waals surface area (Å²) >= 11 is 0. The van der Waals surface area contributed by atoms with Crippen molar-refractivity contribution in [2.24, 2.45) is 5.92 Å². The van der Waals surface area contributed by atoms with E-state index in [0.717, 1.165) is 67.8 Å². The van der Waals surface area contributed by atoms with Crippen LogP contribution in [0.15, 0.2) is 78.9 Å². The summed E-state index contributed by atoms with van der Waals surface area (Å²) in [4.78, 5) is 15.6. The Morgan fingerprint density at radius 1 is 0.912 bits per heavy atom. The zero-order valence-electron chi connectivity index (χ0n) is 19.7. The van der Waals surface area contributed by atoms with Gasteiger partial charge in [0, 0.05) is 37.5 Å². The predicted molar refractivity (Wildman–Crippen MR) is 134 cm³/mol. The van der Waals surface area contributed by atoms with Gasteiger partial charge in [0.2, 0.25) is 0 Å². The Hall–Kier alpha value is -2.95. The number of Topliss-reactive ketones (excluding diaryl/α,β-unsaturated/α-hetero) is 1. The van der Waals surface area contributed by atoms with Crippen LogP contribution < -0.4 is 4.74 Å². The van der Waals surface area contributed by atoms with Crippen LogP contribution in [0.1, 0.15) is 46.3 Å². The number of likely N-dealkylation sites (tertiary alicyclic amines) is 1. The number of hydrogen-bond donors (Lipinski definition) is 1. The van der Waals surface area contributed by atoms with E-state index in [1.165, 1.54) is 5.56 Å². The molecular weight excluding hydrogens is 422 g/mol. The molecule has 2 aliphatic rings. The molecule has 0 bridgehead atoms. The third-order valence-electron chi connectivity index (χ3n) is 7.36. The first kappa shape index (κ1) is 22.8. The van der Waals surface area contributed by atoms with Crippen molar-refractivity contribution >= 4 is 5.78 Å². The zero-order chi connectivity index (χ0) is 23.4. The van der Waals surface area contributed by atoms with Crippen molar-refractivity contribution < 1.29 is 14.6 Å². The number of ketones is 1. The second kappa shape index (κ2) is 10.1. The molecule has 1 saturated heterocycles. The first-order valence-electron chi connectivity index (χ1n) is 12.4. The van der Waals surface area contributed by atoms with Crippen LogP contribution in [0.5, 0.6) is 5.75 Å². The van der Waals surface area contributed by atoms with E-state index in [2.05, 4.69) is 29.2 Å². The minimum absolute atomic E-state index is 0.0314. The van der Waals surface area contributed by atoms with Gasteiger partial charge in [0.25, 0.3) is 0 Å². The molecule has 0 aromatic heterocycles. The van der Waals surface area contributed by atoms with E-state index in [0.29, 0.717) is 13.0 Å². The molecule has 5 rings (SSSR count). The molecule has 0 saturated carbocycles. The van der Waals surface area contributed by atoms with Crippen molar-refractivity contribution in [3.8, 4) is 5.75 Å². The first-order valence-corrected chi connectivity index (χ1v) is 12.4. The number of rotatable bonds is 7. The standard InChI is InChI=1S/C30H33NO3/c32-29-26(21-31-17-15-30(33,16-18-31)20-23-7-3-1-4-8-23)12-11-25-19-27(13-14-28(25)29)34-22-24-9-5-2-6-10-24/h1-10,13-14,19,26,33H,11-12,15-18,20-22H2/t26-/m0/s1. The number of aryl methyl sites for hydroxylation is 1. The average Bonchev–Trinajstić information content (AvgIpc) is 2.87. The van der Waals surface area contributed by atoms with Gasteiger partial charge in [0.05, 0.1) is 5.60 Å². The lowest BCUT2D eigenvalue weighted by Crippen LogP contribution is -2.48. The zero-order valence-corrected chi connectivity index (χ0v) is 19.7. The Kier molecular flexibility index (Phi) is 6.80. The van der Waals surface area contributed by atoms with Gasteiger partial charge in [-0.3, -0.25) is 4.79 Å². The molecule has 1 atom stereocenters. The van der Waals surface area contributed by atoms with Gasteiger partial charge in [-0.15, -0.1) is 0 Å². The van der Waals surface area contributed by atoms with E-state index in [1.807, 2.05) is 54.6 Å². The fourth-order valence-electron chi connectivity index (χ4n) is 5.32. The molecule has 176 valence electrons. The topological polar surface area (TPSA) is 49.8 Å². The molecule has 0 unspecified atom stereocenters. The molecule has 4 heteroatoms. The summed E-state index contributed by atoms with van der Waals surface area (Å²) in [6.45, 7) is 2.99. The molecular formula is C30H33NO3. The lowest BCUT2D eigenvalue weighted by Gasteiger charge is -2.40. The Morgan fingerprint density at radius 3 is 2.29 bits per heavy atom. The van der Waals surface area contributed by atoms with Crippen LogP contribution in [0.4, 0.5) is 0 Å². The van der Waals surface area contributed by atoms with E-state index in [9.17, 15) is 9.90 Å². The summed E-state index contributed by atoms with van der Waals surface area (Å²) in [6, 6.07) is 26.3. The van der Waals surface area contributed by atoms with Crippen molar-refractivity contribution in [1.82, 2.24) is 4.90 Å². The molecule has 1 N–H and O–H groups in total. The molecule has 0 spiro atoms. The molecule has 1 aliphatic carbocycles. The molecule has 1 aliphatic heterocycles. The van der Waals surface area contributed by atoms with E-state index in [1.54, 1.807) is 0 Å². The summed E-state index contributed by atoms with van der Waals surface area (Å²) in [7, 11) is 0. The normalized spacial score (nSPS) is 20.0. The fraction of sp³-hybridized carbons (Fsp3) is 0.367. The molecule has 3 aromatic rings. The number of carbonyl (C=O) groups is 1. The first-order chi connectivity index (χ1) is 16.6. The van der Waals surface area contributed by atoms with E-state index in [-0.39, 0.29) is 11.7 Å². The molecule has 3 aromatic carbocycles. The smallest absolute Gasteiger partial charge is 0.167 e. The van der Waals surface area contributed by atoms with Gasteiger partial charge in [-0.25, -0.2) is 0 Å². The Labute approximate surface area is 202 Å². The van der Waals surface area contributed by atoms with Gasteiger partial charge in [-0.1, -0.05) is 60.7 Å². The molecule has 4 nitrogen and oxygen atoms in total. The van der Waals surface area contributed by atoms with Gasteiger partial charge >= 0.3 is 0 Å². The van der Waals surface area contributed by atoms with Crippen LogP contribution in [0.2, 0.25) is 0 Å². The highest BCUT2D eigenvalue weighted by atomic mass is 16.5. The predicted octanol–water partition coefficient (Wildman–Crippen LogP) is 5.08. The van der Waals surface area contributed by atoms with Gasteiger partial charge in [-0.05, 0) is 60.6 Å². The molecule has 34 heavy (non-hydrogen) atoms. The number of benzene rings is 3. The van der Waals surface area contributed by atoms with E-state index < -0.39 is 5.60 Å². The lowest BCUT2D eigenvalue weighted by atomic mass is 9.81. The summed E-state index contributed by atoms with van der Waals surface area (Å²) in [5.41, 5.74) is 3.62. The molecule has 0 radical (unpaired) electrons. The van der Waals surface area contributed by atoms with Crippen molar-refractivity contribution in [2.75, 3.05) is 19.6 Å². The maximum atomic E-state index is 13.2. The monoisotopic (exact) mass is 455 g/mol. The highest BCUT2D eigenvalue weighted by Gasteiger charge is 2.35. The summed E-state index contributed by atoms with van der Waals surface area (Å²) in [5, 5.41) is 11.1. The van der Waals surface area contributed by atoms with Crippen LogP contribution in [-0.4, -0.2) is 41.0 Å². The summed E-state index contributed by atoms with van der Waals surface area (Å²) in [5.74, 6) is 1.10. The van der Waals surface area contributed by atoms with Crippen molar-refractivity contribution in [3.63, 3.8) is 0 Å². The fourth-order valence-corrected chi connectivity index (χ4v) is 5.32. The van der Waals surface area contributed by atoms with Crippen LogP contribution in [0.3, 0.4) is 0 Å². The average molecular weight is 456 g/mol. The number of ether oxygens (including phenoxy) is 1. The van der Waals surface area contributed by atoms with E-state index in [4.69, 9.17) is 4.74 Å². The third kappa shape index (κ3) is 5.40. The molecule has 1 heterocycles. The number of aliphatic hydroxyl groups is 1. The lowest BCUT2D eigenvalue weighted by molar-refractivity contribution is -0.0231. The van der Waals surface area contributed by atoms with Crippen LogP contribution in [-0.2, 0) is 19.4 Å². The Bertz CT molecular complexity index is 1100. The van der Waals surface area contributed by atoms with E-state index >= 15 is 0 Å². The second-order valence-electron chi connectivity index (χ2n) is 9.88. The van der Waals surface area contributed by atoms with Crippen LogP contribution >= 0.6 is 0 Å². The largest absolute Gasteiger partial charge is 0.489 e. The van der Waals surface area contributed by atoms with Crippen LogP contribution in [0, 0.1) is 5.92 Å². The summed E-state index contributed by atoms with van der Waals surface area (Å²) in [6.07, 6.45) is 3.98. The molecule has 1 fully saturated rings. The number of fused-ring (bicyclic) bond motifs is 1. The van der Waals surface area contributed by atoms with Crippen molar-refractivity contribution in [1.29, 1.82) is 0 Å². The SMILES string of the molecule is O=C1c2ccc(OCc3ccccc3)cc2CC[C@H]1CN1CCC(O)(Cc2ccccc2)CC1. The van der Waals surface area contributed by atoms with Crippen LogP contribution in [0.25, 0.3) is 0 Å². The Morgan fingerprint density at radius 2 is 1.59 bits per heavy atom.